The maximum Gasteiger partial charge on any atom is 0.306 e. The van der Waals surface area contributed by atoms with Crippen LogP contribution >= 0.6 is 0 Å². The highest BCUT2D eigenvalue weighted by atomic mass is 19.1. The SMILES string of the molecule is CCCCCCCCCCC(=O)O[C@H]1CC[C@H]2[C@H]3[C@H]([C@@H](F)C[C@]12C)[C@H]1CCC(=O)C=C1C[C@H]3C. The number of ether oxygens (including phenoxy) is 1. The molecule has 0 aromatic rings. The summed E-state index contributed by atoms with van der Waals surface area (Å²) in [7, 11) is 0. The largest absolute Gasteiger partial charge is 0.462 e. The molecule has 0 radical (unpaired) electrons. The molecule has 4 aliphatic rings. The van der Waals surface area contributed by atoms with Gasteiger partial charge in [-0.05, 0) is 68.3 Å². The van der Waals surface area contributed by atoms with Crippen molar-refractivity contribution in [2.24, 2.45) is 35.0 Å². The molecule has 0 heterocycles. The molecule has 3 nitrogen and oxygen atoms in total. The lowest BCUT2D eigenvalue weighted by Gasteiger charge is -2.56. The Hall–Kier alpha value is -1.19. The van der Waals surface area contributed by atoms with Gasteiger partial charge in [0.05, 0.1) is 0 Å². The van der Waals surface area contributed by atoms with Crippen molar-refractivity contribution in [2.75, 3.05) is 0 Å². The van der Waals surface area contributed by atoms with E-state index in [1.54, 1.807) is 0 Å². The Balaban J connectivity index is 1.32. The normalized spacial score (nSPS) is 39.1. The summed E-state index contributed by atoms with van der Waals surface area (Å²) in [5.41, 5.74) is 0.956. The molecule has 0 aromatic carbocycles. The molecular weight excluding hydrogens is 427 g/mol. The van der Waals surface area contributed by atoms with Crippen LogP contribution in [0.3, 0.4) is 0 Å². The van der Waals surface area contributed by atoms with Crippen LogP contribution in [0.2, 0.25) is 0 Å². The first-order valence-corrected chi connectivity index (χ1v) is 14.4. The van der Waals surface area contributed by atoms with Crippen molar-refractivity contribution in [3.63, 3.8) is 0 Å². The zero-order valence-corrected chi connectivity index (χ0v) is 21.8. The third-order valence-corrected chi connectivity index (χ3v) is 10.00. The monoisotopic (exact) mass is 474 g/mol. The molecule has 8 atom stereocenters. The van der Waals surface area contributed by atoms with E-state index in [-0.39, 0.29) is 35.1 Å². The second kappa shape index (κ2) is 11.2. The maximum atomic E-state index is 15.9. The predicted molar refractivity (Wildman–Crippen MR) is 134 cm³/mol. The van der Waals surface area contributed by atoms with Gasteiger partial charge < -0.3 is 4.74 Å². The molecule has 4 aliphatic carbocycles. The quantitative estimate of drug-likeness (QED) is 0.240. The summed E-state index contributed by atoms with van der Waals surface area (Å²) in [4.78, 5) is 24.7. The third-order valence-electron chi connectivity index (χ3n) is 10.00. The van der Waals surface area contributed by atoms with Gasteiger partial charge in [-0.25, -0.2) is 4.39 Å². The summed E-state index contributed by atoms with van der Waals surface area (Å²) in [6.07, 6.45) is 15.7. The van der Waals surface area contributed by atoms with Gasteiger partial charge in [0.25, 0.3) is 0 Å². The molecule has 4 rings (SSSR count). The molecule has 0 bridgehead atoms. The van der Waals surface area contributed by atoms with E-state index in [0.29, 0.717) is 37.0 Å². The number of unbranched alkanes of at least 4 members (excludes halogenated alkanes) is 7. The summed E-state index contributed by atoms with van der Waals surface area (Å²) >= 11 is 0. The number of fused-ring (bicyclic) bond motifs is 5. The van der Waals surface area contributed by atoms with Crippen molar-refractivity contribution >= 4 is 11.8 Å². The van der Waals surface area contributed by atoms with Gasteiger partial charge in [-0.3, -0.25) is 9.59 Å². The highest BCUT2D eigenvalue weighted by molar-refractivity contribution is 5.91. The molecule has 0 N–H and O–H groups in total. The summed E-state index contributed by atoms with van der Waals surface area (Å²) in [6.45, 7) is 6.69. The van der Waals surface area contributed by atoms with Crippen molar-refractivity contribution in [1.29, 1.82) is 0 Å². The van der Waals surface area contributed by atoms with Crippen LogP contribution in [0.25, 0.3) is 0 Å². The van der Waals surface area contributed by atoms with Crippen LogP contribution in [0.4, 0.5) is 4.39 Å². The van der Waals surface area contributed by atoms with E-state index in [9.17, 15) is 9.59 Å². The van der Waals surface area contributed by atoms with E-state index in [1.807, 2.05) is 6.08 Å². The van der Waals surface area contributed by atoms with E-state index in [2.05, 4.69) is 20.8 Å². The fraction of sp³-hybridized carbons (Fsp3) is 0.867. The van der Waals surface area contributed by atoms with Crippen molar-refractivity contribution in [1.82, 2.24) is 0 Å². The Kier molecular flexibility index (Phi) is 8.57. The summed E-state index contributed by atoms with van der Waals surface area (Å²) in [5.74, 6) is 1.54. The molecule has 0 unspecified atom stereocenters. The number of carbonyl (C=O) groups excluding carboxylic acids is 2. The Bertz CT molecular complexity index is 760. The molecule has 192 valence electrons. The van der Waals surface area contributed by atoms with Gasteiger partial charge in [0.2, 0.25) is 0 Å². The molecule has 4 heteroatoms. The maximum absolute atomic E-state index is 15.9. The minimum atomic E-state index is -0.873. The number of alkyl halides is 1. The van der Waals surface area contributed by atoms with E-state index in [0.717, 1.165) is 38.5 Å². The third kappa shape index (κ3) is 5.31. The van der Waals surface area contributed by atoms with Crippen LogP contribution in [-0.4, -0.2) is 24.0 Å². The van der Waals surface area contributed by atoms with Gasteiger partial charge in [0.15, 0.2) is 5.78 Å². The lowest BCUT2D eigenvalue weighted by atomic mass is 9.49. The van der Waals surface area contributed by atoms with Crippen molar-refractivity contribution < 1.29 is 18.7 Å². The van der Waals surface area contributed by atoms with Gasteiger partial charge in [-0.1, -0.05) is 71.3 Å². The van der Waals surface area contributed by atoms with E-state index < -0.39 is 6.17 Å². The Morgan fingerprint density at radius 3 is 2.50 bits per heavy atom. The molecule has 0 saturated heterocycles. The van der Waals surface area contributed by atoms with Crippen LogP contribution in [0, 0.1) is 35.0 Å². The molecule has 0 amide bonds. The first-order chi connectivity index (χ1) is 16.3. The summed E-state index contributed by atoms with van der Waals surface area (Å²) in [6, 6.07) is 0. The molecule has 0 aromatic heterocycles. The van der Waals surface area contributed by atoms with E-state index in [4.69, 9.17) is 4.74 Å². The van der Waals surface area contributed by atoms with Gasteiger partial charge in [-0.15, -0.1) is 0 Å². The first-order valence-electron chi connectivity index (χ1n) is 14.4. The number of rotatable bonds is 10. The van der Waals surface area contributed by atoms with E-state index >= 15 is 4.39 Å². The fourth-order valence-electron chi connectivity index (χ4n) is 8.35. The molecule has 3 saturated carbocycles. The molecule has 34 heavy (non-hydrogen) atoms. The number of carbonyl (C=O) groups is 2. The zero-order valence-electron chi connectivity index (χ0n) is 21.8. The minimum Gasteiger partial charge on any atom is -0.462 e. The molecule has 0 aliphatic heterocycles. The standard InChI is InChI=1S/C30H47FO3/c1-4-5-6-7-8-9-10-11-12-27(33)34-26-16-15-24-28-20(2)17-21-18-22(32)13-14-23(21)29(28)25(31)19-30(24,26)3/h18,20,23-26,28-29H,4-17,19H2,1-3H3/t20-,23+,24+,25+,26+,28+,29+,30+/m1/s1. The van der Waals surface area contributed by atoms with Crippen molar-refractivity contribution in [3.8, 4) is 0 Å². The minimum absolute atomic E-state index is 0.0351. The highest BCUT2D eigenvalue weighted by Crippen LogP contribution is 2.64. The second-order valence-corrected chi connectivity index (χ2v) is 12.3. The summed E-state index contributed by atoms with van der Waals surface area (Å²) in [5, 5.41) is 0. The lowest BCUT2D eigenvalue weighted by Crippen LogP contribution is -2.55. The average Bonchev–Trinajstić information content (AvgIpc) is 3.10. The number of hydrogen-bond donors (Lipinski definition) is 0. The first kappa shape index (κ1) is 25.9. The number of hydrogen-bond acceptors (Lipinski definition) is 3. The smallest absolute Gasteiger partial charge is 0.306 e. The van der Waals surface area contributed by atoms with Crippen LogP contribution < -0.4 is 0 Å². The van der Waals surface area contributed by atoms with Crippen LogP contribution in [0.1, 0.15) is 117 Å². The topological polar surface area (TPSA) is 43.4 Å². The van der Waals surface area contributed by atoms with E-state index in [1.165, 1.54) is 44.1 Å². The van der Waals surface area contributed by atoms with Gasteiger partial charge >= 0.3 is 5.97 Å². The van der Waals surface area contributed by atoms with Gasteiger partial charge in [0.1, 0.15) is 12.3 Å². The predicted octanol–water partition coefficient (Wildman–Crippen LogP) is 7.76. The van der Waals surface area contributed by atoms with Crippen molar-refractivity contribution in [2.45, 2.75) is 129 Å². The number of allylic oxidation sites excluding steroid dienone is 1. The number of esters is 1. The fourth-order valence-corrected chi connectivity index (χ4v) is 8.35. The highest BCUT2D eigenvalue weighted by Gasteiger charge is 2.62. The molecule has 0 spiro atoms. The number of halogens is 1. The lowest BCUT2D eigenvalue weighted by molar-refractivity contribution is -0.164. The van der Waals surface area contributed by atoms with Gasteiger partial charge in [0, 0.05) is 24.2 Å². The number of ketones is 1. The van der Waals surface area contributed by atoms with Crippen LogP contribution in [0.5, 0.6) is 0 Å². The zero-order chi connectivity index (χ0) is 24.3. The second-order valence-electron chi connectivity index (χ2n) is 12.3. The van der Waals surface area contributed by atoms with Crippen LogP contribution in [0.15, 0.2) is 11.6 Å². The Morgan fingerprint density at radius 1 is 1.06 bits per heavy atom. The van der Waals surface area contributed by atoms with Crippen LogP contribution in [-0.2, 0) is 14.3 Å². The molecule has 3 fully saturated rings. The Morgan fingerprint density at radius 2 is 1.76 bits per heavy atom. The summed E-state index contributed by atoms with van der Waals surface area (Å²) < 4.78 is 22.0. The van der Waals surface area contributed by atoms with Crippen molar-refractivity contribution in [3.05, 3.63) is 11.6 Å². The molecular formula is C30H47FO3. The van der Waals surface area contributed by atoms with Gasteiger partial charge in [-0.2, -0.15) is 0 Å². The average molecular weight is 475 g/mol. The Labute approximate surface area is 206 Å².